The van der Waals surface area contributed by atoms with Crippen molar-refractivity contribution in [2.75, 3.05) is 0 Å². The second-order valence-corrected chi connectivity index (χ2v) is 5.12. The lowest BCUT2D eigenvalue weighted by Crippen LogP contribution is -1.95. The van der Waals surface area contributed by atoms with Gasteiger partial charge >= 0.3 is 0 Å². The van der Waals surface area contributed by atoms with E-state index < -0.39 is 6.10 Å². The van der Waals surface area contributed by atoms with Crippen molar-refractivity contribution in [1.82, 2.24) is 0 Å². The van der Waals surface area contributed by atoms with E-state index in [2.05, 4.69) is 18.2 Å². The first-order valence-corrected chi connectivity index (χ1v) is 6.38. The highest BCUT2D eigenvalue weighted by molar-refractivity contribution is 7.19. The van der Waals surface area contributed by atoms with Crippen molar-refractivity contribution >= 4 is 21.4 Å². The lowest BCUT2D eigenvalue weighted by molar-refractivity contribution is 0.224. The molecule has 2 aromatic carbocycles. The van der Waals surface area contributed by atoms with Gasteiger partial charge in [0.1, 0.15) is 6.10 Å². The van der Waals surface area contributed by atoms with E-state index in [-0.39, 0.29) is 0 Å². The molecule has 1 N–H and O–H groups in total. The number of aliphatic hydroxyl groups is 1. The number of hydrogen-bond donors (Lipinski definition) is 1. The predicted molar refractivity (Wildman–Crippen MR) is 72.3 cm³/mol. The van der Waals surface area contributed by atoms with E-state index in [1.807, 2.05) is 42.5 Å². The molecule has 0 spiro atoms. The second-order valence-electron chi connectivity index (χ2n) is 4.00. The van der Waals surface area contributed by atoms with Gasteiger partial charge in [-0.3, -0.25) is 0 Å². The Morgan fingerprint density at radius 2 is 1.59 bits per heavy atom. The Morgan fingerprint density at radius 3 is 2.35 bits per heavy atom. The zero-order valence-corrected chi connectivity index (χ0v) is 10.0. The molecular formula is C15H12OS. The van der Waals surface area contributed by atoms with Crippen LogP contribution in [0.25, 0.3) is 10.1 Å². The number of hydrogen-bond acceptors (Lipinski definition) is 2. The quantitative estimate of drug-likeness (QED) is 0.718. The summed E-state index contributed by atoms with van der Waals surface area (Å²) in [5, 5.41) is 11.5. The van der Waals surface area contributed by atoms with Gasteiger partial charge in [-0.2, -0.15) is 0 Å². The SMILES string of the molecule is O[C@H](c1ccccc1)c1cc2ccccc2s1. The normalized spacial score (nSPS) is 12.8. The Morgan fingerprint density at radius 1 is 0.882 bits per heavy atom. The third-order valence-corrected chi connectivity index (χ3v) is 4.00. The van der Waals surface area contributed by atoms with Gasteiger partial charge in [-0.25, -0.2) is 0 Å². The maximum Gasteiger partial charge on any atom is 0.113 e. The van der Waals surface area contributed by atoms with Crippen LogP contribution in [0.15, 0.2) is 60.7 Å². The van der Waals surface area contributed by atoms with Crippen molar-refractivity contribution in [3.8, 4) is 0 Å². The number of aliphatic hydroxyl groups excluding tert-OH is 1. The lowest BCUT2D eigenvalue weighted by Gasteiger charge is -2.07. The van der Waals surface area contributed by atoms with Crippen LogP contribution in [-0.4, -0.2) is 5.11 Å². The van der Waals surface area contributed by atoms with Crippen LogP contribution in [0, 0.1) is 0 Å². The molecule has 1 nitrogen and oxygen atoms in total. The molecule has 84 valence electrons. The van der Waals surface area contributed by atoms with Crippen LogP contribution in [0.1, 0.15) is 16.5 Å². The molecule has 3 aromatic rings. The maximum absolute atomic E-state index is 10.3. The summed E-state index contributed by atoms with van der Waals surface area (Å²) in [6, 6.07) is 20.0. The van der Waals surface area contributed by atoms with Gasteiger partial charge in [0.2, 0.25) is 0 Å². The van der Waals surface area contributed by atoms with Crippen LogP contribution in [0.3, 0.4) is 0 Å². The summed E-state index contributed by atoms with van der Waals surface area (Å²) in [6.07, 6.45) is -0.520. The third kappa shape index (κ3) is 1.97. The molecule has 0 saturated carbocycles. The minimum Gasteiger partial charge on any atom is -0.383 e. The van der Waals surface area contributed by atoms with Gasteiger partial charge in [-0.15, -0.1) is 11.3 Å². The van der Waals surface area contributed by atoms with Crippen LogP contribution >= 0.6 is 11.3 Å². The summed E-state index contributed by atoms with van der Waals surface area (Å²) in [5.74, 6) is 0. The van der Waals surface area contributed by atoms with E-state index in [1.165, 1.54) is 10.1 Å². The molecule has 0 saturated heterocycles. The van der Waals surface area contributed by atoms with E-state index in [0.717, 1.165) is 10.4 Å². The van der Waals surface area contributed by atoms with Crippen molar-refractivity contribution in [2.24, 2.45) is 0 Å². The topological polar surface area (TPSA) is 20.2 Å². The Hall–Kier alpha value is -1.64. The van der Waals surface area contributed by atoms with E-state index >= 15 is 0 Å². The van der Waals surface area contributed by atoms with Crippen molar-refractivity contribution in [1.29, 1.82) is 0 Å². The van der Waals surface area contributed by atoms with E-state index in [9.17, 15) is 5.11 Å². The average Bonchev–Trinajstić information content (AvgIpc) is 2.82. The summed E-state index contributed by atoms with van der Waals surface area (Å²) in [7, 11) is 0. The van der Waals surface area contributed by atoms with Crippen molar-refractivity contribution in [3.05, 3.63) is 71.1 Å². The molecule has 1 atom stereocenters. The standard InChI is InChI=1S/C15H12OS/c16-15(11-6-2-1-3-7-11)14-10-12-8-4-5-9-13(12)17-14/h1-10,15-16H/t15-/m1/s1. The first-order valence-electron chi connectivity index (χ1n) is 5.56. The first-order chi connectivity index (χ1) is 8.34. The van der Waals surface area contributed by atoms with Crippen LogP contribution in [0.2, 0.25) is 0 Å². The molecule has 0 aliphatic rings. The molecule has 0 bridgehead atoms. The average molecular weight is 240 g/mol. The molecule has 0 fully saturated rings. The summed E-state index contributed by atoms with van der Waals surface area (Å²) >= 11 is 1.65. The molecule has 1 aromatic heterocycles. The fourth-order valence-corrected chi connectivity index (χ4v) is 3.02. The minimum absolute atomic E-state index is 0.520. The molecule has 0 unspecified atom stereocenters. The molecule has 0 aliphatic heterocycles. The van der Waals surface area contributed by atoms with Crippen molar-refractivity contribution < 1.29 is 5.11 Å². The number of thiophene rings is 1. The number of fused-ring (bicyclic) bond motifs is 1. The van der Waals surface area contributed by atoms with Crippen LogP contribution in [0.5, 0.6) is 0 Å². The van der Waals surface area contributed by atoms with Gasteiger partial charge in [0.05, 0.1) is 0 Å². The lowest BCUT2D eigenvalue weighted by atomic mass is 10.1. The summed E-state index contributed by atoms with van der Waals surface area (Å²) in [5.41, 5.74) is 0.944. The zero-order valence-electron chi connectivity index (χ0n) is 9.21. The maximum atomic E-state index is 10.3. The summed E-state index contributed by atoms with van der Waals surface area (Å²) < 4.78 is 1.22. The van der Waals surface area contributed by atoms with Gasteiger partial charge in [0, 0.05) is 9.58 Å². The largest absolute Gasteiger partial charge is 0.383 e. The van der Waals surface area contributed by atoms with Crippen molar-refractivity contribution in [3.63, 3.8) is 0 Å². The summed E-state index contributed by atoms with van der Waals surface area (Å²) in [4.78, 5) is 0.998. The minimum atomic E-state index is -0.520. The fraction of sp³-hybridized carbons (Fsp3) is 0.0667. The Balaban J connectivity index is 2.04. The number of benzene rings is 2. The Labute approximate surface area is 104 Å². The zero-order chi connectivity index (χ0) is 11.7. The van der Waals surface area contributed by atoms with Crippen LogP contribution < -0.4 is 0 Å². The third-order valence-electron chi connectivity index (χ3n) is 2.83. The number of rotatable bonds is 2. The Kier molecular flexibility index (Phi) is 2.67. The van der Waals surface area contributed by atoms with Crippen LogP contribution in [0.4, 0.5) is 0 Å². The molecule has 0 amide bonds. The van der Waals surface area contributed by atoms with Gasteiger partial charge in [-0.1, -0.05) is 48.5 Å². The van der Waals surface area contributed by atoms with E-state index in [1.54, 1.807) is 11.3 Å². The molecule has 2 heteroatoms. The highest BCUT2D eigenvalue weighted by Gasteiger charge is 2.12. The van der Waals surface area contributed by atoms with E-state index in [0.29, 0.717) is 0 Å². The smallest absolute Gasteiger partial charge is 0.113 e. The highest BCUT2D eigenvalue weighted by atomic mass is 32.1. The van der Waals surface area contributed by atoms with Gasteiger partial charge < -0.3 is 5.11 Å². The van der Waals surface area contributed by atoms with Gasteiger partial charge in [-0.05, 0) is 23.1 Å². The van der Waals surface area contributed by atoms with Crippen molar-refractivity contribution in [2.45, 2.75) is 6.10 Å². The fourth-order valence-electron chi connectivity index (χ4n) is 1.94. The summed E-state index contributed by atoms with van der Waals surface area (Å²) in [6.45, 7) is 0. The molecule has 1 heterocycles. The molecule has 3 rings (SSSR count). The molecule has 17 heavy (non-hydrogen) atoms. The first kappa shape index (κ1) is 10.5. The predicted octanol–water partition coefficient (Wildman–Crippen LogP) is 3.98. The van der Waals surface area contributed by atoms with Crippen LogP contribution in [-0.2, 0) is 0 Å². The van der Waals surface area contributed by atoms with Gasteiger partial charge in [0.15, 0.2) is 0 Å². The van der Waals surface area contributed by atoms with E-state index in [4.69, 9.17) is 0 Å². The molecule has 0 aliphatic carbocycles. The molecular weight excluding hydrogens is 228 g/mol. The van der Waals surface area contributed by atoms with Gasteiger partial charge in [0.25, 0.3) is 0 Å². The Bertz CT molecular complexity index is 594. The highest BCUT2D eigenvalue weighted by Crippen LogP contribution is 2.32. The monoisotopic (exact) mass is 240 g/mol. The molecule has 0 radical (unpaired) electrons. The second kappa shape index (κ2) is 4.32.